The molecule has 6 nitrogen and oxygen atoms in total. The molecule has 28 heavy (non-hydrogen) atoms. The van der Waals surface area contributed by atoms with Crippen LogP contribution in [-0.4, -0.2) is 32.8 Å². The van der Waals surface area contributed by atoms with Crippen molar-refractivity contribution in [2.45, 2.75) is 33.3 Å². The van der Waals surface area contributed by atoms with Gasteiger partial charge in [-0.05, 0) is 53.0 Å². The average Bonchev–Trinajstić information content (AvgIpc) is 3.08. The van der Waals surface area contributed by atoms with Gasteiger partial charge in [-0.2, -0.15) is 5.10 Å². The molecule has 0 amide bonds. The van der Waals surface area contributed by atoms with Crippen molar-refractivity contribution in [1.29, 1.82) is 0 Å². The van der Waals surface area contributed by atoms with Crippen LogP contribution in [0.4, 0.5) is 0 Å². The zero-order valence-electron chi connectivity index (χ0n) is 16.1. The highest BCUT2D eigenvalue weighted by Crippen LogP contribution is 2.34. The lowest BCUT2D eigenvalue weighted by Crippen LogP contribution is -2.08. The van der Waals surface area contributed by atoms with E-state index in [0.29, 0.717) is 17.7 Å². The molecular weight excluding hydrogens is 422 g/mol. The maximum absolute atomic E-state index is 11.7. The number of aromatic nitrogens is 3. The number of aliphatic carboxylic acids is 1. The Morgan fingerprint density at radius 3 is 2.71 bits per heavy atom. The van der Waals surface area contributed by atoms with Crippen LogP contribution in [0.5, 0.6) is 0 Å². The summed E-state index contributed by atoms with van der Waals surface area (Å²) < 4.78 is 8.14. The number of halogens is 1. The number of hydrogen-bond donors (Lipinski definition) is 1. The van der Waals surface area contributed by atoms with Crippen LogP contribution in [0.15, 0.2) is 40.6 Å². The Morgan fingerprint density at radius 1 is 1.32 bits per heavy atom. The number of aryl methyl sites for hydroxylation is 1. The standard InChI is InChI=1S/C21H22BrN3O3/c1-4-13(21(26)27)9-17-18(12-28-3)24-25-16(5-2)6-7-19(25)20(17)14-8-15(22)11-23-10-14/h6-11H,4-5,12H2,1-3H3,(H,26,27)/b13-9+. The zero-order chi connectivity index (χ0) is 20.3. The van der Waals surface area contributed by atoms with Gasteiger partial charge in [0.15, 0.2) is 0 Å². The van der Waals surface area contributed by atoms with Crippen molar-refractivity contribution in [2.24, 2.45) is 0 Å². The van der Waals surface area contributed by atoms with Gasteiger partial charge in [-0.25, -0.2) is 9.31 Å². The van der Waals surface area contributed by atoms with Gasteiger partial charge in [-0.15, -0.1) is 0 Å². The van der Waals surface area contributed by atoms with Gasteiger partial charge in [0.25, 0.3) is 0 Å². The Labute approximate surface area is 172 Å². The first-order valence-corrected chi connectivity index (χ1v) is 9.86. The van der Waals surface area contributed by atoms with E-state index in [1.54, 1.807) is 25.6 Å². The summed E-state index contributed by atoms with van der Waals surface area (Å²) in [5.74, 6) is -0.936. The van der Waals surface area contributed by atoms with Crippen molar-refractivity contribution < 1.29 is 14.6 Å². The molecule has 0 aliphatic carbocycles. The van der Waals surface area contributed by atoms with E-state index in [9.17, 15) is 9.90 Å². The molecule has 0 saturated carbocycles. The maximum Gasteiger partial charge on any atom is 0.331 e. The second-order valence-corrected chi connectivity index (χ2v) is 7.28. The molecule has 0 fully saturated rings. The molecule has 3 aromatic heterocycles. The average molecular weight is 444 g/mol. The molecule has 146 valence electrons. The first kappa shape index (κ1) is 20.2. The molecule has 0 aliphatic heterocycles. The smallest absolute Gasteiger partial charge is 0.331 e. The molecule has 0 saturated heterocycles. The minimum Gasteiger partial charge on any atom is -0.478 e. The van der Waals surface area contributed by atoms with Gasteiger partial charge >= 0.3 is 5.97 Å². The highest BCUT2D eigenvalue weighted by Gasteiger charge is 2.19. The number of hydrogen-bond acceptors (Lipinski definition) is 4. The van der Waals surface area contributed by atoms with E-state index in [0.717, 1.165) is 38.8 Å². The maximum atomic E-state index is 11.7. The number of pyridine rings is 1. The van der Waals surface area contributed by atoms with E-state index < -0.39 is 5.97 Å². The number of nitrogens with zero attached hydrogens (tertiary/aromatic N) is 3. The number of rotatable bonds is 7. The molecule has 3 rings (SSSR count). The minimum absolute atomic E-state index is 0.272. The Morgan fingerprint density at radius 2 is 2.11 bits per heavy atom. The molecule has 0 bridgehead atoms. The van der Waals surface area contributed by atoms with E-state index >= 15 is 0 Å². The topological polar surface area (TPSA) is 76.7 Å². The fourth-order valence-corrected chi connectivity index (χ4v) is 3.61. The Balaban J connectivity index is 2.45. The van der Waals surface area contributed by atoms with E-state index in [1.165, 1.54) is 0 Å². The highest BCUT2D eigenvalue weighted by atomic mass is 79.9. The Hall–Kier alpha value is -2.51. The molecule has 3 aromatic rings. The van der Waals surface area contributed by atoms with Crippen LogP contribution in [0, 0.1) is 0 Å². The fourth-order valence-electron chi connectivity index (χ4n) is 3.24. The SMILES string of the molecule is CC/C(=C\c1c(COC)nn2c(CC)ccc2c1-c1cncc(Br)c1)C(=O)O. The summed E-state index contributed by atoms with van der Waals surface area (Å²) in [5.41, 5.74) is 5.49. The molecule has 0 aliphatic rings. The fraction of sp³-hybridized carbons (Fsp3) is 0.286. The van der Waals surface area contributed by atoms with E-state index in [4.69, 9.17) is 9.84 Å². The monoisotopic (exact) mass is 443 g/mol. The summed E-state index contributed by atoms with van der Waals surface area (Å²) in [5, 5.41) is 14.3. The molecule has 7 heteroatoms. The second-order valence-electron chi connectivity index (χ2n) is 6.36. The van der Waals surface area contributed by atoms with Crippen molar-refractivity contribution in [3.05, 3.63) is 57.6 Å². The van der Waals surface area contributed by atoms with Crippen molar-refractivity contribution in [2.75, 3.05) is 7.11 Å². The van der Waals surface area contributed by atoms with Crippen LogP contribution < -0.4 is 0 Å². The van der Waals surface area contributed by atoms with Crippen molar-refractivity contribution in [1.82, 2.24) is 14.6 Å². The van der Waals surface area contributed by atoms with E-state index in [1.807, 2.05) is 29.6 Å². The Kier molecular flexibility index (Phi) is 6.26. The summed E-state index contributed by atoms with van der Waals surface area (Å²) in [6.45, 7) is 4.18. The third-order valence-electron chi connectivity index (χ3n) is 4.60. The van der Waals surface area contributed by atoms with Gasteiger partial charge in [0, 0.05) is 51.9 Å². The van der Waals surface area contributed by atoms with E-state index in [-0.39, 0.29) is 6.61 Å². The third kappa shape index (κ3) is 3.86. The van der Waals surface area contributed by atoms with Crippen LogP contribution in [0.25, 0.3) is 22.7 Å². The summed E-state index contributed by atoms with van der Waals surface area (Å²) in [6.07, 6.45) is 6.44. The molecule has 0 atom stereocenters. The van der Waals surface area contributed by atoms with Crippen LogP contribution >= 0.6 is 15.9 Å². The number of carboxylic acids is 1. The van der Waals surface area contributed by atoms with Crippen LogP contribution in [0.1, 0.15) is 37.2 Å². The largest absolute Gasteiger partial charge is 0.478 e. The predicted molar refractivity (Wildman–Crippen MR) is 112 cm³/mol. The van der Waals surface area contributed by atoms with Gasteiger partial charge in [0.1, 0.15) is 0 Å². The van der Waals surface area contributed by atoms with Gasteiger partial charge in [-0.3, -0.25) is 4.98 Å². The first-order valence-electron chi connectivity index (χ1n) is 9.07. The zero-order valence-corrected chi connectivity index (χ0v) is 17.7. The number of carboxylic acid groups (broad SMARTS) is 1. The van der Waals surface area contributed by atoms with Gasteiger partial charge in [0.05, 0.1) is 17.8 Å². The lowest BCUT2D eigenvalue weighted by molar-refractivity contribution is -0.132. The quantitative estimate of drug-likeness (QED) is 0.533. The summed E-state index contributed by atoms with van der Waals surface area (Å²) in [6, 6.07) is 6.03. The third-order valence-corrected chi connectivity index (χ3v) is 5.04. The van der Waals surface area contributed by atoms with Gasteiger partial charge in [0.2, 0.25) is 0 Å². The van der Waals surface area contributed by atoms with Crippen molar-refractivity contribution in [3.8, 4) is 11.1 Å². The molecule has 0 spiro atoms. The van der Waals surface area contributed by atoms with E-state index in [2.05, 4.69) is 27.8 Å². The lowest BCUT2D eigenvalue weighted by Gasteiger charge is -2.16. The summed E-state index contributed by atoms with van der Waals surface area (Å²) in [4.78, 5) is 16.0. The second kappa shape index (κ2) is 8.67. The molecule has 0 radical (unpaired) electrons. The van der Waals surface area contributed by atoms with Crippen molar-refractivity contribution >= 4 is 33.5 Å². The molecule has 3 heterocycles. The predicted octanol–water partition coefficient (Wildman–Crippen LogP) is 4.75. The minimum atomic E-state index is -0.936. The van der Waals surface area contributed by atoms with Crippen molar-refractivity contribution in [3.63, 3.8) is 0 Å². The van der Waals surface area contributed by atoms with Crippen LogP contribution in [0.3, 0.4) is 0 Å². The molecule has 0 unspecified atom stereocenters. The van der Waals surface area contributed by atoms with Crippen LogP contribution in [-0.2, 0) is 22.6 Å². The number of fused-ring (bicyclic) bond motifs is 1. The number of methoxy groups -OCH3 is 1. The summed E-state index contributed by atoms with van der Waals surface area (Å²) >= 11 is 3.48. The number of carbonyl (C=O) groups is 1. The van der Waals surface area contributed by atoms with Crippen LogP contribution in [0.2, 0.25) is 0 Å². The summed E-state index contributed by atoms with van der Waals surface area (Å²) in [7, 11) is 1.61. The first-order chi connectivity index (χ1) is 13.5. The lowest BCUT2D eigenvalue weighted by atomic mass is 9.97. The normalized spacial score (nSPS) is 11.9. The van der Waals surface area contributed by atoms with Gasteiger partial charge in [-0.1, -0.05) is 13.8 Å². The molecule has 1 N–H and O–H groups in total. The number of ether oxygens (including phenoxy) is 1. The van der Waals surface area contributed by atoms with Gasteiger partial charge < -0.3 is 9.84 Å². The Bertz CT molecular complexity index is 1060. The highest BCUT2D eigenvalue weighted by molar-refractivity contribution is 9.10. The molecule has 0 aromatic carbocycles. The molecular formula is C21H22BrN3O3.